The third-order valence-electron chi connectivity index (χ3n) is 3.19. The maximum Gasteiger partial charge on any atom is 0.128 e. The molecule has 0 spiro atoms. The van der Waals surface area contributed by atoms with Gasteiger partial charge in [0.1, 0.15) is 11.6 Å². The number of nitrogens with one attached hydrogen (secondary N) is 1. The van der Waals surface area contributed by atoms with E-state index >= 15 is 0 Å². The van der Waals surface area contributed by atoms with Crippen molar-refractivity contribution in [1.82, 2.24) is 0 Å². The molecule has 0 fully saturated rings. The maximum atomic E-state index is 13.6. The minimum atomic E-state index is -0.431. The van der Waals surface area contributed by atoms with Gasteiger partial charge in [0.2, 0.25) is 0 Å². The lowest BCUT2D eigenvalue weighted by Gasteiger charge is -2.11. The van der Waals surface area contributed by atoms with Crippen LogP contribution in [0.25, 0.3) is 10.4 Å². The van der Waals surface area contributed by atoms with Gasteiger partial charge in [-0.25, -0.2) is 8.78 Å². The molecule has 1 nitrogen and oxygen atoms in total. The molecule has 0 saturated heterocycles. The molecule has 0 saturated carbocycles. The van der Waals surface area contributed by atoms with Gasteiger partial charge < -0.3 is 5.32 Å². The predicted octanol–water partition coefficient (Wildman–Crippen LogP) is 5.31. The van der Waals surface area contributed by atoms with Gasteiger partial charge in [0, 0.05) is 28.2 Å². The highest BCUT2D eigenvalue weighted by Gasteiger charge is 2.07. The Morgan fingerprint density at radius 3 is 2.62 bits per heavy atom. The minimum absolute atomic E-state index is 0.242. The van der Waals surface area contributed by atoms with Crippen LogP contribution in [0, 0.1) is 11.6 Å². The highest BCUT2D eigenvalue weighted by atomic mass is 32.1. The van der Waals surface area contributed by atoms with Crippen LogP contribution in [0.1, 0.15) is 5.56 Å². The molecular weight excluding hydrogens is 288 g/mol. The Morgan fingerprint density at radius 2 is 1.81 bits per heavy atom. The van der Waals surface area contributed by atoms with Gasteiger partial charge in [-0.1, -0.05) is 24.3 Å². The van der Waals surface area contributed by atoms with Crippen molar-refractivity contribution in [2.45, 2.75) is 6.54 Å². The first-order chi connectivity index (χ1) is 10.2. The molecule has 0 radical (unpaired) electrons. The highest BCUT2D eigenvalue weighted by molar-refractivity contribution is 7.13. The van der Waals surface area contributed by atoms with Crippen LogP contribution < -0.4 is 5.32 Å². The number of halogens is 2. The quantitative estimate of drug-likeness (QED) is 0.689. The van der Waals surface area contributed by atoms with Crippen molar-refractivity contribution in [3.8, 4) is 10.4 Å². The molecule has 21 heavy (non-hydrogen) atoms. The fraction of sp³-hybridized carbons (Fsp3) is 0.0588. The van der Waals surface area contributed by atoms with Gasteiger partial charge in [0.05, 0.1) is 0 Å². The van der Waals surface area contributed by atoms with E-state index in [0.29, 0.717) is 5.56 Å². The Labute approximate surface area is 125 Å². The first kappa shape index (κ1) is 13.8. The van der Waals surface area contributed by atoms with Crippen molar-refractivity contribution in [2.75, 3.05) is 5.32 Å². The molecule has 0 amide bonds. The van der Waals surface area contributed by atoms with Crippen molar-refractivity contribution in [1.29, 1.82) is 0 Å². The summed E-state index contributed by atoms with van der Waals surface area (Å²) in [5.74, 6) is -0.836. The molecule has 1 aromatic heterocycles. The summed E-state index contributed by atoms with van der Waals surface area (Å²) < 4.78 is 26.8. The third-order valence-corrected chi connectivity index (χ3v) is 4.09. The Bertz CT molecular complexity index is 738. The molecule has 0 bridgehead atoms. The Morgan fingerprint density at radius 1 is 0.952 bits per heavy atom. The van der Waals surface area contributed by atoms with E-state index in [9.17, 15) is 8.78 Å². The van der Waals surface area contributed by atoms with Crippen molar-refractivity contribution < 1.29 is 8.78 Å². The number of anilines is 1. The lowest BCUT2D eigenvalue weighted by atomic mass is 10.1. The SMILES string of the molecule is Fc1ccc(F)c(CNc2ccccc2-c2cccs2)c1. The number of hydrogen-bond donors (Lipinski definition) is 1. The van der Waals surface area contributed by atoms with Gasteiger partial charge in [-0.05, 0) is 35.7 Å². The molecule has 106 valence electrons. The normalized spacial score (nSPS) is 10.6. The smallest absolute Gasteiger partial charge is 0.128 e. The second kappa shape index (κ2) is 6.06. The first-order valence-electron chi connectivity index (χ1n) is 6.55. The van der Waals surface area contributed by atoms with Gasteiger partial charge in [0.15, 0.2) is 0 Å². The van der Waals surface area contributed by atoms with Crippen LogP contribution >= 0.6 is 11.3 Å². The molecule has 0 unspecified atom stereocenters. The van der Waals surface area contributed by atoms with Gasteiger partial charge in [0.25, 0.3) is 0 Å². The minimum Gasteiger partial charge on any atom is -0.380 e. The molecule has 3 rings (SSSR count). The van der Waals surface area contributed by atoms with E-state index in [0.717, 1.165) is 28.3 Å². The van der Waals surface area contributed by atoms with Crippen LogP contribution in [0.3, 0.4) is 0 Å². The zero-order chi connectivity index (χ0) is 14.7. The molecule has 4 heteroatoms. The van der Waals surface area contributed by atoms with Crippen molar-refractivity contribution >= 4 is 17.0 Å². The van der Waals surface area contributed by atoms with Crippen LogP contribution in [0.5, 0.6) is 0 Å². The average Bonchev–Trinajstić information content (AvgIpc) is 3.03. The lowest BCUT2D eigenvalue weighted by molar-refractivity contribution is 0.587. The van der Waals surface area contributed by atoms with Crippen molar-refractivity contribution in [3.63, 3.8) is 0 Å². The summed E-state index contributed by atoms with van der Waals surface area (Å²) in [7, 11) is 0. The standard InChI is InChI=1S/C17H13F2NS/c18-13-7-8-15(19)12(10-13)11-20-16-5-2-1-4-14(16)17-6-3-9-21-17/h1-10,20H,11H2. The largest absolute Gasteiger partial charge is 0.380 e. The Balaban J connectivity index is 1.84. The number of rotatable bonds is 4. The van der Waals surface area contributed by atoms with E-state index in [-0.39, 0.29) is 6.54 Å². The van der Waals surface area contributed by atoms with Crippen LogP contribution in [-0.2, 0) is 6.54 Å². The fourth-order valence-corrected chi connectivity index (χ4v) is 2.92. The Kier molecular flexibility index (Phi) is 3.97. The fourth-order valence-electron chi connectivity index (χ4n) is 2.15. The van der Waals surface area contributed by atoms with E-state index in [4.69, 9.17) is 0 Å². The van der Waals surface area contributed by atoms with Crippen LogP contribution in [0.15, 0.2) is 60.0 Å². The molecular formula is C17H13F2NS. The monoisotopic (exact) mass is 301 g/mol. The topological polar surface area (TPSA) is 12.0 Å². The summed E-state index contributed by atoms with van der Waals surface area (Å²) in [4.78, 5) is 1.14. The van der Waals surface area contributed by atoms with E-state index in [2.05, 4.69) is 5.32 Å². The van der Waals surface area contributed by atoms with Crippen molar-refractivity contribution in [3.05, 3.63) is 77.2 Å². The molecule has 0 atom stereocenters. The van der Waals surface area contributed by atoms with Crippen LogP contribution in [-0.4, -0.2) is 0 Å². The zero-order valence-corrected chi connectivity index (χ0v) is 12.0. The summed E-state index contributed by atoms with van der Waals surface area (Å²) in [6, 6.07) is 15.3. The number of benzene rings is 2. The van der Waals surface area contributed by atoms with Crippen molar-refractivity contribution in [2.24, 2.45) is 0 Å². The van der Waals surface area contributed by atoms with Gasteiger partial charge in [-0.15, -0.1) is 11.3 Å². The number of para-hydroxylation sites is 1. The van der Waals surface area contributed by atoms with Gasteiger partial charge in [-0.3, -0.25) is 0 Å². The number of hydrogen-bond acceptors (Lipinski definition) is 2. The summed E-state index contributed by atoms with van der Waals surface area (Å²) in [5.41, 5.74) is 2.28. The maximum absolute atomic E-state index is 13.6. The molecule has 1 heterocycles. The molecule has 2 aromatic carbocycles. The van der Waals surface area contributed by atoms with E-state index in [1.165, 1.54) is 6.07 Å². The Hall–Kier alpha value is -2.20. The second-order valence-corrected chi connectivity index (χ2v) is 5.56. The van der Waals surface area contributed by atoms with E-state index in [1.54, 1.807) is 11.3 Å². The van der Waals surface area contributed by atoms with E-state index in [1.807, 2.05) is 41.8 Å². The van der Waals surface area contributed by atoms with Gasteiger partial charge >= 0.3 is 0 Å². The molecule has 0 aliphatic carbocycles. The first-order valence-corrected chi connectivity index (χ1v) is 7.43. The summed E-state index contributed by atoms with van der Waals surface area (Å²) in [5, 5.41) is 5.20. The second-order valence-electron chi connectivity index (χ2n) is 4.61. The molecule has 3 aromatic rings. The summed E-state index contributed by atoms with van der Waals surface area (Å²) in [6.07, 6.45) is 0. The van der Waals surface area contributed by atoms with E-state index < -0.39 is 11.6 Å². The molecule has 1 N–H and O–H groups in total. The van der Waals surface area contributed by atoms with Gasteiger partial charge in [-0.2, -0.15) is 0 Å². The van der Waals surface area contributed by atoms with Crippen LogP contribution in [0.2, 0.25) is 0 Å². The molecule has 0 aliphatic heterocycles. The zero-order valence-electron chi connectivity index (χ0n) is 11.1. The number of thiophene rings is 1. The van der Waals surface area contributed by atoms with Crippen LogP contribution in [0.4, 0.5) is 14.5 Å². The third kappa shape index (κ3) is 3.11. The summed E-state index contributed by atoms with van der Waals surface area (Å²) in [6.45, 7) is 0.242. The highest BCUT2D eigenvalue weighted by Crippen LogP contribution is 2.31. The average molecular weight is 301 g/mol. The predicted molar refractivity (Wildman–Crippen MR) is 83.4 cm³/mol. The summed E-state index contributed by atoms with van der Waals surface area (Å²) >= 11 is 1.64. The molecule has 0 aliphatic rings. The lowest BCUT2D eigenvalue weighted by Crippen LogP contribution is -2.03.